The van der Waals surface area contributed by atoms with E-state index in [2.05, 4.69) is 20.9 Å². The van der Waals surface area contributed by atoms with Crippen LogP contribution in [0.5, 0.6) is 0 Å². The van der Waals surface area contributed by atoms with Crippen LogP contribution in [0, 0.1) is 5.41 Å². The zero-order chi connectivity index (χ0) is 20.5. The second kappa shape index (κ2) is 8.32. The maximum atomic E-state index is 12.7. The average Bonchev–Trinajstić information content (AvgIpc) is 3.12. The molecule has 1 saturated carbocycles. The van der Waals surface area contributed by atoms with Gasteiger partial charge in [-0.05, 0) is 70.2 Å². The van der Waals surface area contributed by atoms with Gasteiger partial charge in [0.25, 0.3) is 0 Å². The van der Waals surface area contributed by atoms with Gasteiger partial charge in [-0.3, -0.25) is 4.79 Å². The van der Waals surface area contributed by atoms with E-state index in [1.54, 1.807) is 11.3 Å². The number of rotatable bonds is 5. The first-order valence-corrected chi connectivity index (χ1v) is 11.7. The van der Waals surface area contributed by atoms with Gasteiger partial charge in [0.2, 0.25) is 5.91 Å². The summed E-state index contributed by atoms with van der Waals surface area (Å²) in [4.78, 5) is 21.5. The van der Waals surface area contributed by atoms with Gasteiger partial charge in [-0.1, -0.05) is 12.1 Å². The Morgan fingerprint density at radius 1 is 1.14 bits per heavy atom. The third-order valence-electron chi connectivity index (χ3n) is 6.92. The summed E-state index contributed by atoms with van der Waals surface area (Å²) in [5.74, 6) is 0.263. The predicted molar refractivity (Wildman–Crippen MR) is 118 cm³/mol. The fourth-order valence-electron chi connectivity index (χ4n) is 5.12. The van der Waals surface area contributed by atoms with E-state index in [0.29, 0.717) is 11.8 Å². The Balaban J connectivity index is 1.25. The number of fused-ring (bicyclic) bond motifs is 1. The fourth-order valence-corrected chi connectivity index (χ4v) is 6.09. The fraction of sp³-hybridized carbons (Fsp3) is 0.652. The van der Waals surface area contributed by atoms with Gasteiger partial charge in [-0.15, -0.1) is 11.3 Å². The van der Waals surface area contributed by atoms with Crippen LogP contribution >= 0.6 is 11.3 Å². The predicted octanol–water partition coefficient (Wildman–Crippen LogP) is 3.70. The van der Waals surface area contributed by atoms with E-state index < -0.39 is 5.60 Å². The molecule has 1 aromatic carbocycles. The van der Waals surface area contributed by atoms with Crippen molar-refractivity contribution in [1.29, 1.82) is 0 Å². The normalized spacial score (nSPS) is 21.2. The second-order valence-electron chi connectivity index (χ2n) is 9.42. The lowest BCUT2D eigenvalue weighted by Gasteiger charge is -2.48. The average molecular weight is 416 g/mol. The van der Waals surface area contributed by atoms with Crippen molar-refractivity contribution in [3.05, 3.63) is 29.3 Å². The minimum Gasteiger partial charge on any atom is -0.389 e. The number of carbonyl (C=O) groups is 1. The Morgan fingerprint density at radius 3 is 2.48 bits per heavy atom. The first kappa shape index (κ1) is 20.8. The number of aromatic nitrogens is 1. The van der Waals surface area contributed by atoms with Crippen molar-refractivity contribution in [2.45, 2.75) is 57.0 Å². The van der Waals surface area contributed by atoms with Crippen molar-refractivity contribution in [3.8, 4) is 0 Å². The highest BCUT2D eigenvalue weighted by molar-refractivity contribution is 7.18. The van der Waals surface area contributed by atoms with Crippen molar-refractivity contribution in [1.82, 2.24) is 14.8 Å². The summed E-state index contributed by atoms with van der Waals surface area (Å²) in [5.41, 5.74) is 0.841. The van der Waals surface area contributed by atoms with Crippen molar-refractivity contribution in [3.63, 3.8) is 0 Å². The molecule has 2 aliphatic rings. The number of nitrogens with zero attached hydrogens (tertiary/aromatic N) is 3. The largest absolute Gasteiger partial charge is 0.389 e. The Kier molecular flexibility index (Phi) is 5.96. The number of benzene rings is 1. The lowest BCUT2D eigenvalue weighted by molar-refractivity contribution is -0.135. The number of amides is 1. The molecule has 6 heteroatoms. The van der Waals surface area contributed by atoms with Crippen LogP contribution in [0.1, 0.15) is 50.0 Å². The summed E-state index contributed by atoms with van der Waals surface area (Å²) in [5, 5.41) is 11.9. The zero-order valence-electron chi connectivity index (χ0n) is 17.7. The molecule has 1 saturated heterocycles. The Morgan fingerprint density at radius 2 is 1.83 bits per heavy atom. The molecule has 1 aliphatic heterocycles. The highest BCUT2D eigenvalue weighted by atomic mass is 32.1. The highest BCUT2D eigenvalue weighted by Gasteiger charge is 2.43. The van der Waals surface area contributed by atoms with Crippen molar-refractivity contribution >= 4 is 27.5 Å². The van der Waals surface area contributed by atoms with Crippen LogP contribution < -0.4 is 0 Å². The molecule has 1 spiro atoms. The lowest BCUT2D eigenvalue weighted by atomic mass is 9.64. The molecule has 1 aromatic heterocycles. The van der Waals surface area contributed by atoms with Crippen LogP contribution in [0.2, 0.25) is 0 Å². The van der Waals surface area contributed by atoms with Gasteiger partial charge in [0.1, 0.15) is 0 Å². The number of carbonyl (C=O) groups excluding carboxylic acids is 1. The summed E-state index contributed by atoms with van der Waals surface area (Å²) < 4.78 is 1.20. The topological polar surface area (TPSA) is 56.7 Å². The van der Waals surface area contributed by atoms with Gasteiger partial charge < -0.3 is 14.9 Å². The zero-order valence-corrected chi connectivity index (χ0v) is 18.5. The molecule has 2 aromatic rings. The van der Waals surface area contributed by atoms with Gasteiger partial charge in [0, 0.05) is 32.5 Å². The van der Waals surface area contributed by atoms with E-state index in [1.807, 2.05) is 32.3 Å². The number of thiazole rings is 1. The summed E-state index contributed by atoms with van der Waals surface area (Å²) >= 11 is 1.70. The van der Waals surface area contributed by atoms with E-state index in [9.17, 15) is 9.90 Å². The molecule has 158 valence electrons. The van der Waals surface area contributed by atoms with Crippen LogP contribution in [0.4, 0.5) is 0 Å². The van der Waals surface area contributed by atoms with E-state index in [0.717, 1.165) is 75.1 Å². The van der Waals surface area contributed by atoms with Gasteiger partial charge >= 0.3 is 0 Å². The summed E-state index contributed by atoms with van der Waals surface area (Å²) in [6.45, 7) is 2.48. The van der Waals surface area contributed by atoms with Gasteiger partial charge in [-0.2, -0.15) is 0 Å². The van der Waals surface area contributed by atoms with E-state index >= 15 is 0 Å². The molecule has 1 N–H and O–H groups in total. The molecule has 2 heterocycles. The number of aryl methyl sites for hydroxylation is 1. The molecule has 1 amide bonds. The molecule has 29 heavy (non-hydrogen) atoms. The summed E-state index contributed by atoms with van der Waals surface area (Å²) in [6, 6.07) is 8.16. The first-order chi connectivity index (χ1) is 13.9. The molecular weight excluding hydrogens is 382 g/mol. The highest BCUT2D eigenvalue weighted by Crippen LogP contribution is 2.47. The standard InChI is InChI=1S/C23H33N3O2S/c1-25(2)17-23(28)11-9-22(10-12-23)13-15-26(16-14-22)21(27)8-7-20-24-18-5-3-4-6-19(18)29-20/h3-6,28H,7-17H2,1-2H3. The van der Waals surface area contributed by atoms with E-state index in [4.69, 9.17) is 0 Å². The molecule has 1 aliphatic carbocycles. The van der Waals surface area contributed by atoms with Crippen LogP contribution in [-0.4, -0.2) is 65.1 Å². The number of hydrogen-bond acceptors (Lipinski definition) is 5. The number of aliphatic hydroxyl groups is 1. The Bertz CT molecular complexity index is 812. The number of hydrogen-bond donors (Lipinski definition) is 1. The summed E-state index contributed by atoms with van der Waals surface area (Å²) in [6.07, 6.45) is 7.40. The van der Waals surface area contributed by atoms with Crippen LogP contribution in [-0.2, 0) is 11.2 Å². The number of piperidine rings is 1. The van der Waals surface area contributed by atoms with Gasteiger partial charge in [0.15, 0.2) is 0 Å². The maximum absolute atomic E-state index is 12.7. The SMILES string of the molecule is CN(C)CC1(O)CCC2(CCN(C(=O)CCc3nc4ccccc4s3)CC2)CC1. The molecule has 5 nitrogen and oxygen atoms in total. The molecule has 0 bridgehead atoms. The minimum absolute atomic E-state index is 0.263. The first-order valence-electron chi connectivity index (χ1n) is 10.9. The smallest absolute Gasteiger partial charge is 0.222 e. The second-order valence-corrected chi connectivity index (χ2v) is 10.5. The molecular formula is C23H33N3O2S. The quantitative estimate of drug-likeness (QED) is 0.809. The van der Waals surface area contributed by atoms with Crippen LogP contribution in [0.25, 0.3) is 10.2 Å². The van der Waals surface area contributed by atoms with Crippen molar-refractivity contribution in [2.75, 3.05) is 33.7 Å². The molecule has 0 atom stereocenters. The van der Waals surface area contributed by atoms with Gasteiger partial charge in [0.05, 0.1) is 20.8 Å². The third-order valence-corrected chi connectivity index (χ3v) is 8.02. The number of para-hydroxylation sites is 1. The molecule has 0 unspecified atom stereocenters. The number of likely N-dealkylation sites (tertiary alicyclic amines) is 1. The molecule has 4 rings (SSSR count). The third kappa shape index (κ3) is 4.81. The minimum atomic E-state index is -0.529. The monoisotopic (exact) mass is 415 g/mol. The van der Waals surface area contributed by atoms with Crippen molar-refractivity contribution in [2.24, 2.45) is 5.41 Å². The van der Waals surface area contributed by atoms with Crippen LogP contribution in [0.3, 0.4) is 0 Å². The lowest BCUT2D eigenvalue weighted by Crippen LogP contribution is -2.49. The number of likely N-dealkylation sites (N-methyl/N-ethyl adjacent to an activating group) is 1. The van der Waals surface area contributed by atoms with E-state index in [-0.39, 0.29) is 5.91 Å². The van der Waals surface area contributed by atoms with Gasteiger partial charge in [-0.25, -0.2) is 4.98 Å². The molecule has 2 fully saturated rings. The Hall–Kier alpha value is -1.50. The molecule has 0 radical (unpaired) electrons. The van der Waals surface area contributed by atoms with E-state index in [1.165, 1.54) is 4.70 Å². The summed E-state index contributed by atoms with van der Waals surface area (Å²) in [7, 11) is 4.06. The maximum Gasteiger partial charge on any atom is 0.222 e. The van der Waals surface area contributed by atoms with Crippen molar-refractivity contribution < 1.29 is 9.90 Å². The van der Waals surface area contributed by atoms with Crippen LogP contribution in [0.15, 0.2) is 24.3 Å². The Labute approximate surface area is 177 Å².